The molecule has 0 heterocycles. The second kappa shape index (κ2) is 41.1. The number of ether oxygens (including phenoxy) is 2. The minimum absolute atomic E-state index is 0. The SMILES string of the molecule is CCCCCCCC/C=C/CCCCCCCC(=O)OC[C@H](COP(=O)([O-])OC[C@H](N)C(=O)O)OC(=O)CCCCCCC/C=C/CCCCCCCC.[Na+]. The van der Waals surface area contributed by atoms with Gasteiger partial charge in [0.1, 0.15) is 12.6 Å². The van der Waals surface area contributed by atoms with Crippen LogP contribution in [0.5, 0.6) is 0 Å². The van der Waals surface area contributed by atoms with Gasteiger partial charge in [0.2, 0.25) is 0 Å². The van der Waals surface area contributed by atoms with Crippen LogP contribution in [0.15, 0.2) is 24.3 Å². The van der Waals surface area contributed by atoms with Crippen molar-refractivity contribution < 1.29 is 77.0 Å². The Morgan fingerprint density at radius 2 is 0.945 bits per heavy atom. The van der Waals surface area contributed by atoms with Crippen LogP contribution in [0.4, 0.5) is 0 Å². The molecule has 0 radical (unpaired) electrons. The summed E-state index contributed by atoms with van der Waals surface area (Å²) in [5.74, 6) is -2.46. The number of rotatable bonds is 40. The minimum atomic E-state index is -4.96. The van der Waals surface area contributed by atoms with E-state index >= 15 is 0 Å². The van der Waals surface area contributed by atoms with E-state index in [0.717, 1.165) is 77.0 Å². The van der Waals surface area contributed by atoms with Crippen molar-refractivity contribution in [2.75, 3.05) is 19.8 Å². The first-order chi connectivity index (χ1) is 26.1. The van der Waals surface area contributed by atoms with Crippen LogP contribution >= 0.6 is 7.82 Å². The first-order valence-electron chi connectivity index (χ1n) is 21.3. The Morgan fingerprint density at radius 1 is 0.582 bits per heavy atom. The van der Waals surface area contributed by atoms with Crippen LogP contribution in [0.2, 0.25) is 0 Å². The molecule has 0 bridgehead atoms. The molecule has 0 aromatic heterocycles. The number of hydrogen-bond donors (Lipinski definition) is 2. The summed E-state index contributed by atoms with van der Waals surface area (Å²) in [4.78, 5) is 48.0. The molecule has 0 fully saturated rings. The van der Waals surface area contributed by atoms with Gasteiger partial charge in [-0.3, -0.25) is 18.9 Å². The largest absolute Gasteiger partial charge is 1.00 e. The summed E-state index contributed by atoms with van der Waals surface area (Å²) < 4.78 is 32.3. The van der Waals surface area contributed by atoms with Gasteiger partial charge in [0, 0.05) is 12.8 Å². The molecule has 13 heteroatoms. The summed E-state index contributed by atoms with van der Waals surface area (Å²) in [7, 11) is -4.96. The normalized spacial score (nSPS) is 13.7. The molecule has 0 rings (SSSR count). The van der Waals surface area contributed by atoms with E-state index in [1.165, 1.54) is 77.0 Å². The van der Waals surface area contributed by atoms with Gasteiger partial charge in [-0.05, 0) is 64.2 Å². The zero-order valence-electron chi connectivity index (χ0n) is 35.0. The standard InChI is InChI=1S/C42H78NO10P.Na/c1-3-5-7-9-11-13-15-17-19-21-23-25-27-29-31-33-40(44)50-35-38(36-51-54(48,49)52-37-39(43)42(46)47)53-41(45)34-32-30-28-26-24-22-20-18-16-14-12-10-8-6-4-2;/h17-20,38-39H,3-16,21-37,43H2,1-2H3,(H,46,47)(H,48,49);/q;+1/p-1/b19-17+,20-18+;/t38-,39+;/m1./s1. The van der Waals surface area contributed by atoms with Gasteiger partial charge in [0.05, 0.1) is 13.2 Å². The maximum atomic E-state index is 12.6. The zero-order chi connectivity index (χ0) is 40.0. The zero-order valence-corrected chi connectivity index (χ0v) is 37.9. The first kappa shape index (κ1) is 56.1. The van der Waals surface area contributed by atoms with Crippen molar-refractivity contribution in [2.45, 2.75) is 206 Å². The van der Waals surface area contributed by atoms with Crippen molar-refractivity contribution >= 4 is 25.7 Å². The van der Waals surface area contributed by atoms with Gasteiger partial charge in [0.15, 0.2) is 6.10 Å². The number of carboxylic acids is 1. The van der Waals surface area contributed by atoms with Crippen molar-refractivity contribution in [3.05, 3.63) is 24.3 Å². The fourth-order valence-electron chi connectivity index (χ4n) is 5.75. The van der Waals surface area contributed by atoms with E-state index in [1.807, 2.05) is 0 Å². The molecule has 3 atom stereocenters. The van der Waals surface area contributed by atoms with Gasteiger partial charge < -0.3 is 34.3 Å². The third-order valence-electron chi connectivity index (χ3n) is 9.16. The van der Waals surface area contributed by atoms with Crippen molar-refractivity contribution in [3.63, 3.8) is 0 Å². The van der Waals surface area contributed by atoms with E-state index in [0.29, 0.717) is 12.8 Å². The molecule has 0 aliphatic carbocycles. The van der Waals surface area contributed by atoms with Crippen molar-refractivity contribution in [1.29, 1.82) is 0 Å². The van der Waals surface area contributed by atoms with Gasteiger partial charge in [0.25, 0.3) is 7.82 Å². The predicted octanol–water partition coefficient (Wildman–Crippen LogP) is 7.43. The summed E-state index contributed by atoms with van der Waals surface area (Å²) in [6.07, 6.45) is 37.9. The van der Waals surface area contributed by atoms with E-state index in [-0.39, 0.29) is 49.0 Å². The molecular weight excluding hydrogens is 732 g/mol. The molecule has 3 N–H and O–H groups in total. The van der Waals surface area contributed by atoms with Crippen LogP contribution in [-0.4, -0.2) is 55.0 Å². The first-order valence-corrected chi connectivity index (χ1v) is 22.8. The predicted molar refractivity (Wildman–Crippen MR) is 215 cm³/mol. The smallest absolute Gasteiger partial charge is 0.756 e. The maximum absolute atomic E-state index is 12.6. The number of esters is 2. The third-order valence-corrected chi connectivity index (χ3v) is 10.1. The number of nitrogens with two attached hydrogens (primary N) is 1. The molecule has 0 aliphatic rings. The number of unbranched alkanes of at least 4 members (excludes halogenated alkanes) is 22. The quantitative estimate of drug-likeness (QED) is 0.0207. The van der Waals surface area contributed by atoms with Crippen LogP contribution in [0.3, 0.4) is 0 Å². The van der Waals surface area contributed by atoms with Crippen molar-refractivity contribution in [2.24, 2.45) is 5.73 Å². The van der Waals surface area contributed by atoms with Crippen LogP contribution in [0, 0.1) is 0 Å². The second-order valence-electron chi connectivity index (χ2n) is 14.4. The summed E-state index contributed by atoms with van der Waals surface area (Å²) in [5.41, 5.74) is 5.30. The molecule has 11 nitrogen and oxygen atoms in total. The second-order valence-corrected chi connectivity index (χ2v) is 15.9. The molecule has 1 unspecified atom stereocenters. The van der Waals surface area contributed by atoms with Crippen LogP contribution < -0.4 is 40.2 Å². The molecular formula is C42H77NNaO10P. The summed E-state index contributed by atoms with van der Waals surface area (Å²) >= 11 is 0. The number of allylic oxidation sites excluding steroid dienone is 4. The van der Waals surface area contributed by atoms with Gasteiger partial charge in [-0.2, -0.15) is 0 Å². The molecule has 0 aromatic rings. The van der Waals surface area contributed by atoms with E-state index in [2.05, 4.69) is 42.7 Å². The van der Waals surface area contributed by atoms with E-state index in [1.54, 1.807) is 0 Å². The molecule has 0 amide bonds. The Labute approximate surface area is 356 Å². The Bertz CT molecular complexity index is 1030. The maximum Gasteiger partial charge on any atom is 1.00 e. The minimum Gasteiger partial charge on any atom is -0.756 e. The number of phosphoric ester groups is 1. The third kappa shape index (κ3) is 40.9. The Hall–Kier alpha value is -1.04. The van der Waals surface area contributed by atoms with Gasteiger partial charge in [-0.15, -0.1) is 0 Å². The van der Waals surface area contributed by atoms with Crippen molar-refractivity contribution in [3.8, 4) is 0 Å². The Balaban J connectivity index is 0. The Kier molecular flexibility index (Phi) is 41.9. The summed E-state index contributed by atoms with van der Waals surface area (Å²) in [6, 6.07) is -1.56. The number of carboxylic acid groups (broad SMARTS) is 1. The van der Waals surface area contributed by atoms with Crippen LogP contribution in [-0.2, 0) is 37.5 Å². The van der Waals surface area contributed by atoms with Crippen LogP contribution in [0.25, 0.3) is 0 Å². The fourth-order valence-corrected chi connectivity index (χ4v) is 6.52. The van der Waals surface area contributed by atoms with Gasteiger partial charge >= 0.3 is 47.5 Å². The molecule has 0 saturated heterocycles. The van der Waals surface area contributed by atoms with Crippen LogP contribution in [0.1, 0.15) is 194 Å². The average Bonchev–Trinajstić information content (AvgIpc) is 3.14. The van der Waals surface area contributed by atoms with Crippen molar-refractivity contribution in [1.82, 2.24) is 0 Å². The fraction of sp³-hybridized carbons (Fsp3) is 0.833. The molecule has 0 saturated carbocycles. The van der Waals surface area contributed by atoms with E-state index in [4.69, 9.17) is 24.8 Å². The molecule has 316 valence electrons. The molecule has 55 heavy (non-hydrogen) atoms. The summed E-state index contributed by atoms with van der Waals surface area (Å²) in [5, 5.41) is 8.86. The number of hydrogen-bond acceptors (Lipinski definition) is 10. The average molecular weight is 810 g/mol. The molecule has 0 aromatic carbocycles. The number of phosphoric acid groups is 1. The monoisotopic (exact) mass is 810 g/mol. The van der Waals surface area contributed by atoms with E-state index in [9.17, 15) is 23.8 Å². The van der Waals surface area contributed by atoms with Gasteiger partial charge in [-0.25, -0.2) is 0 Å². The molecule has 0 aliphatic heterocycles. The van der Waals surface area contributed by atoms with E-state index < -0.39 is 51.1 Å². The number of carbonyl (C=O) groups excluding carboxylic acids is 2. The topological polar surface area (TPSA) is 175 Å². The summed E-state index contributed by atoms with van der Waals surface area (Å²) in [6.45, 7) is 2.62. The number of aliphatic carboxylic acids is 1. The van der Waals surface area contributed by atoms with Gasteiger partial charge in [-0.1, -0.05) is 141 Å². The number of carbonyl (C=O) groups is 3. The molecule has 0 spiro atoms. The Morgan fingerprint density at radius 3 is 1.36 bits per heavy atom.